The number of carboxylic acid groups (broad SMARTS) is 1. The molecule has 0 amide bonds. The van der Waals surface area contributed by atoms with Gasteiger partial charge in [-0.3, -0.25) is 0 Å². The molecule has 0 aromatic heterocycles. The van der Waals surface area contributed by atoms with Gasteiger partial charge in [0.25, 0.3) is 0 Å². The largest absolute Gasteiger partial charge is 0.479 e. The zero-order valence-electron chi connectivity index (χ0n) is 9.28. The van der Waals surface area contributed by atoms with E-state index in [4.69, 9.17) is 0 Å². The minimum Gasteiger partial charge on any atom is -0.479 e. The predicted octanol–water partition coefficient (Wildman–Crippen LogP) is 2.59. The minimum atomic E-state index is -0.916. The molecule has 0 saturated carbocycles. The zero-order chi connectivity index (χ0) is 12.3. The summed E-state index contributed by atoms with van der Waals surface area (Å²) in [5, 5.41) is 12.4. The van der Waals surface area contributed by atoms with Crippen LogP contribution in [0.25, 0.3) is 0 Å². The molecule has 1 saturated heterocycles. The molecule has 2 N–H and O–H groups in total. The van der Waals surface area contributed by atoms with Gasteiger partial charge in [0, 0.05) is 11.4 Å². The number of hydrogen-bond donors (Lipinski definition) is 2. The molecule has 0 spiro atoms. The third-order valence-corrected chi connectivity index (χ3v) is 4.15. The first-order valence-electron chi connectivity index (χ1n) is 5.47. The van der Waals surface area contributed by atoms with Crippen molar-refractivity contribution in [2.24, 2.45) is 0 Å². The van der Waals surface area contributed by atoms with E-state index in [1.54, 1.807) is 23.9 Å². The van der Waals surface area contributed by atoms with E-state index in [-0.39, 0.29) is 5.82 Å². The Labute approximate surface area is 103 Å². The first kappa shape index (κ1) is 12.2. The van der Waals surface area contributed by atoms with Gasteiger partial charge in [0.15, 0.2) is 0 Å². The van der Waals surface area contributed by atoms with Crippen molar-refractivity contribution < 1.29 is 14.3 Å². The van der Waals surface area contributed by atoms with Crippen LogP contribution < -0.4 is 5.32 Å². The van der Waals surface area contributed by atoms with Gasteiger partial charge in [-0.1, -0.05) is 0 Å². The Morgan fingerprint density at radius 2 is 2.12 bits per heavy atom. The Morgan fingerprint density at radius 3 is 2.65 bits per heavy atom. The van der Waals surface area contributed by atoms with Gasteiger partial charge in [-0.25, -0.2) is 9.18 Å². The van der Waals surface area contributed by atoms with Crippen LogP contribution in [0, 0.1) is 5.82 Å². The molecule has 17 heavy (non-hydrogen) atoms. The van der Waals surface area contributed by atoms with E-state index in [2.05, 4.69) is 5.32 Å². The standard InChI is InChI=1S/C12H14FNO2S/c13-9-2-4-10(5-3-9)14-12(11(15)16)6-1-7-17-8-12/h2-5,14H,1,6-8H2,(H,15,16). The molecular formula is C12H14FNO2S. The Kier molecular flexibility index (Phi) is 3.57. The molecule has 1 aromatic rings. The lowest BCUT2D eigenvalue weighted by atomic mass is 9.95. The third-order valence-electron chi connectivity index (χ3n) is 2.88. The van der Waals surface area contributed by atoms with Crippen LogP contribution >= 0.6 is 11.8 Å². The summed E-state index contributed by atoms with van der Waals surface area (Å²) < 4.78 is 12.8. The quantitative estimate of drug-likeness (QED) is 0.871. The summed E-state index contributed by atoms with van der Waals surface area (Å²) in [7, 11) is 0. The van der Waals surface area contributed by atoms with Crippen LogP contribution in [-0.4, -0.2) is 28.1 Å². The Balaban J connectivity index is 2.17. The van der Waals surface area contributed by atoms with Crippen LogP contribution in [0.15, 0.2) is 24.3 Å². The number of nitrogens with one attached hydrogen (secondary N) is 1. The van der Waals surface area contributed by atoms with Crippen LogP contribution in [0.3, 0.4) is 0 Å². The maximum absolute atomic E-state index is 12.8. The summed E-state index contributed by atoms with van der Waals surface area (Å²) in [6.07, 6.45) is 1.48. The maximum atomic E-state index is 12.8. The molecule has 5 heteroatoms. The van der Waals surface area contributed by atoms with Crippen molar-refractivity contribution in [3.8, 4) is 0 Å². The zero-order valence-corrected chi connectivity index (χ0v) is 10.1. The number of aliphatic carboxylic acids is 1. The molecular weight excluding hydrogens is 241 g/mol. The average Bonchev–Trinajstić information content (AvgIpc) is 2.33. The summed E-state index contributed by atoms with van der Waals surface area (Å²) in [4.78, 5) is 11.4. The van der Waals surface area contributed by atoms with Gasteiger partial charge in [0.1, 0.15) is 11.4 Å². The average molecular weight is 255 g/mol. The van der Waals surface area contributed by atoms with Gasteiger partial charge in [-0.05, 0) is 42.9 Å². The lowest BCUT2D eigenvalue weighted by Crippen LogP contribution is -2.50. The molecule has 1 aliphatic rings. The van der Waals surface area contributed by atoms with Crippen molar-refractivity contribution in [2.75, 3.05) is 16.8 Å². The van der Waals surface area contributed by atoms with Gasteiger partial charge in [0.05, 0.1) is 0 Å². The van der Waals surface area contributed by atoms with Crippen molar-refractivity contribution >= 4 is 23.4 Å². The summed E-state index contributed by atoms with van der Waals surface area (Å²) in [6.45, 7) is 0. The van der Waals surface area contributed by atoms with Crippen molar-refractivity contribution in [1.82, 2.24) is 0 Å². The Morgan fingerprint density at radius 1 is 1.41 bits per heavy atom. The van der Waals surface area contributed by atoms with E-state index < -0.39 is 11.5 Å². The van der Waals surface area contributed by atoms with Crippen molar-refractivity contribution in [3.63, 3.8) is 0 Å². The normalized spacial score (nSPS) is 24.3. The molecule has 1 aromatic carbocycles. The third kappa shape index (κ3) is 2.72. The minimum absolute atomic E-state index is 0.321. The highest BCUT2D eigenvalue weighted by Gasteiger charge is 2.40. The Bertz CT molecular complexity index is 401. The van der Waals surface area contributed by atoms with Crippen LogP contribution in [0.4, 0.5) is 10.1 Å². The number of carbonyl (C=O) groups is 1. The molecule has 1 aliphatic heterocycles. The highest BCUT2D eigenvalue weighted by atomic mass is 32.2. The van der Waals surface area contributed by atoms with E-state index in [1.807, 2.05) is 0 Å². The van der Waals surface area contributed by atoms with Crippen LogP contribution in [0.1, 0.15) is 12.8 Å². The molecule has 1 heterocycles. The first-order valence-corrected chi connectivity index (χ1v) is 6.63. The van der Waals surface area contributed by atoms with Gasteiger partial charge in [-0.15, -0.1) is 0 Å². The second-order valence-electron chi connectivity index (χ2n) is 4.18. The first-order chi connectivity index (χ1) is 8.12. The van der Waals surface area contributed by atoms with E-state index in [9.17, 15) is 14.3 Å². The van der Waals surface area contributed by atoms with Crippen LogP contribution in [-0.2, 0) is 4.79 Å². The van der Waals surface area contributed by atoms with Crippen molar-refractivity contribution in [3.05, 3.63) is 30.1 Å². The van der Waals surface area contributed by atoms with E-state index in [0.29, 0.717) is 17.9 Å². The van der Waals surface area contributed by atoms with E-state index in [1.165, 1.54) is 12.1 Å². The number of anilines is 1. The molecule has 1 atom stereocenters. The molecule has 2 rings (SSSR count). The number of rotatable bonds is 3. The van der Waals surface area contributed by atoms with Crippen molar-refractivity contribution in [2.45, 2.75) is 18.4 Å². The second-order valence-corrected chi connectivity index (χ2v) is 5.28. The molecule has 1 fully saturated rings. The fourth-order valence-corrected chi connectivity index (χ4v) is 3.11. The van der Waals surface area contributed by atoms with Crippen molar-refractivity contribution in [1.29, 1.82) is 0 Å². The second kappa shape index (κ2) is 4.96. The molecule has 92 valence electrons. The van der Waals surface area contributed by atoms with E-state index >= 15 is 0 Å². The van der Waals surface area contributed by atoms with Gasteiger partial charge in [0.2, 0.25) is 0 Å². The SMILES string of the molecule is O=C(O)C1(Nc2ccc(F)cc2)CCCSC1. The summed E-state index contributed by atoms with van der Waals surface area (Å²) in [6, 6.07) is 5.79. The highest BCUT2D eigenvalue weighted by molar-refractivity contribution is 7.99. The van der Waals surface area contributed by atoms with Gasteiger partial charge >= 0.3 is 5.97 Å². The summed E-state index contributed by atoms with van der Waals surface area (Å²) >= 11 is 1.64. The highest BCUT2D eigenvalue weighted by Crippen LogP contribution is 2.30. The number of hydrogen-bond acceptors (Lipinski definition) is 3. The number of halogens is 1. The maximum Gasteiger partial charge on any atom is 0.330 e. The lowest BCUT2D eigenvalue weighted by molar-refractivity contribution is -0.141. The van der Waals surface area contributed by atoms with E-state index in [0.717, 1.165) is 12.2 Å². The summed E-state index contributed by atoms with van der Waals surface area (Å²) in [5.41, 5.74) is -0.267. The predicted molar refractivity (Wildman–Crippen MR) is 66.9 cm³/mol. The topological polar surface area (TPSA) is 49.3 Å². The smallest absolute Gasteiger partial charge is 0.330 e. The fraction of sp³-hybridized carbons (Fsp3) is 0.417. The number of benzene rings is 1. The molecule has 3 nitrogen and oxygen atoms in total. The number of thioether (sulfide) groups is 1. The molecule has 0 radical (unpaired) electrons. The molecule has 0 aliphatic carbocycles. The monoisotopic (exact) mass is 255 g/mol. The van der Waals surface area contributed by atoms with Gasteiger partial charge < -0.3 is 10.4 Å². The van der Waals surface area contributed by atoms with Crippen LogP contribution in [0.2, 0.25) is 0 Å². The summed E-state index contributed by atoms with van der Waals surface area (Å²) in [5.74, 6) is 0.381. The van der Waals surface area contributed by atoms with Crippen LogP contribution in [0.5, 0.6) is 0 Å². The number of carboxylic acids is 1. The molecule has 1 unspecified atom stereocenters. The van der Waals surface area contributed by atoms with Gasteiger partial charge in [-0.2, -0.15) is 11.8 Å². The fourth-order valence-electron chi connectivity index (χ4n) is 1.92. The lowest BCUT2D eigenvalue weighted by Gasteiger charge is -2.34. The molecule has 0 bridgehead atoms. The Hall–Kier alpha value is -1.23.